The van der Waals surface area contributed by atoms with Crippen molar-refractivity contribution in [3.63, 3.8) is 0 Å². The van der Waals surface area contributed by atoms with Crippen molar-refractivity contribution in [1.29, 1.82) is 5.26 Å². The first-order chi connectivity index (χ1) is 8.26. The second kappa shape index (κ2) is 5.13. The lowest BCUT2D eigenvalue weighted by molar-refractivity contribution is 0.122. The number of rotatable bonds is 2. The maximum Gasteiger partial charge on any atom is 0.147 e. The molecule has 1 fully saturated rings. The van der Waals surface area contributed by atoms with E-state index in [0.29, 0.717) is 25.3 Å². The van der Waals surface area contributed by atoms with Crippen molar-refractivity contribution < 1.29 is 4.74 Å². The van der Waals surface area contributed by atoms with Crippen LogP contribution in [0.4, 0.5) is 5.82 Å². The average Bonchev–Trinajstić information content (AvgIpc) is 2.38. The fourth-order valence-corrected chi connectivity index (χ4v) is 1.97. The Morgan fingerprint density at radius 1 is 1.53 bits per heavy atom. The molecule has 1 aliphatic rings. The molecule has 0 spiro atoms. The predicted molar refractivity (Wildman–Crippen MR) is 64.6 cm³/mol. The highest BCUT2D eigenvalue weighted by molar-refractivity contribution is 5.58. The molecule has 90 valence electrons. The number of hydrogen-bond donors (Lipinski definition) is 1. The second-order valence-electron chi connectivity index (χ2n) is 4.04. The molecule has 0 saturated carbocycles. The highest BCUT2D eigenvalue weighted by Crippen LogP contribution is 2.22. The first-order valence-electron chi connectivity index (χ1n) is 5.69. The minimum atomic E-state index is 0.393. The molecule has 2 heterocycles. The summed E-state index contributed by atoms with van der Waals surface area (Å²) in [6.07, 6.45) is 0. The van der Waals surface area contributed by atoms with Gasteiger partial charge >= 0.3 is 0 Å². The molecular weight excluding hydrogens is 216 g/mol. The zero-order chi connectivity index (χ0) is 12.3. The van der Waals surface area contributed by atoms with Crippen molar-refractivity contribution in [3.05, 3.63) is 22.9 Å². The number of aromatic nitrogens is 1. The molecular formula is C12H16N4O. The van der Waals surface area contributed by atoms with E-state index in [2.05, 4.69) is 16.0 Å². The Morgan fingerprint density at radius 2 is 2.24 bits per heavy atom. The summed E-state index contributed by atoms with van der Waals surface area (Å²) >= 11 is 0. The number of nitrogens with zero attached hydrogens (tertiary/aromatic N) is 3. The average molecular weight is 232 g/mol. The molecule has 2 N–H and O–H groups in total. The third kappa shape index (κ3) is 2.38. The molecule has 1 saturated heterocycles. The van der Waals surface area contributed by atoms with Gasteiger partial charge in [-0.3, -0.25) is 0 Å². The van der Waals surface area contributed by atoms with Gasteiger partial charge in [0, 0.05) is 19.6 Å². The van der Waals surface area contributed by atoms with E-state index < -0.39 is 0 Å². The summed E-state index contributed by atoms with van der Waals surface area (Å²) in [4.78, 5) is 6.56. The van der Waals surface area contributed by atoms with Crippen LogP contribution < -0.4 is 10.6 Å². The van der Waals surface area contributed by atoms with Gasteiger partial charge in [0.2, 0.25) is 0 Å². The predicted octanol–water partition coefficient (Wildman–Crippen LogP) is 0.557. The summed E-state index contributed by atoms with van der Waals surface area (Å²) in [6.45, 7) is 5.22. The quantitative estimate of drug-likeness (QED) is 0.806. The Labute approximate surface area is 101 Å². The molecule has 17 heavy (non-hydrogen) atoms. The minimum absolute atomic E-state index is 0.393. The number of morpholine rings is 1. The van der Waals surface area contributed by atoms with Gasteiger partial charge in [0.1, 0.15) is 11.9 Å². The van der Waals surface area contributed by atoms with Crippen molar-refractivity contribution in [2.24, 2.45) is 5.73 Å². The number of ether oxygens (including phenoxy) is 1. The molecule has 5 nitrogen and oxygen atoms in total. The van der Waals surface area contributed by atoms with Crippen LogP contribution >= 0.6 is 0 Å². The summed E-state index contributed by atoms with van der Waals surface area (Å²) in [5.74, 6) is 0.747. The lowest BCUT2D eigenvalue weighted by atomic mass is 10.1. The molecule has 0 bridgehead atoms. The number of nitrogens with two attached hydrogens (primary N) is 1. The molecule has 1 aromatic rings. The Kier molecular flexibility index (Phi) is 3.57. The molecule has 0 radical (unpaired) electrons. The van der Waals surface area contributed by atoms with Gasteiger partial charge in [-0.1, -0.05) is 0 Å². The van der Waals surface area contributed by atoms with Gasteiger partial charge in [0.15, 0.2) is 0 Å². The van der Waals surface area contributed by atoms with Crippen LogP contribution in [0, 0.1) is 18.3 Å². The van der Waals surface area contributed by atoms with E-state index in [4.69, 9.17) is 10.5 Å². The van der Waals surface area contributed by atoms with Crippen LogP contribution in [-0.4, -0.2) is 31.3 Å². The SMILES string of the molecule is Cc1cc(CN)nc(N2CCOCC2)c1C#N. The van der Waals surface area contributed by atoms with E-state index >= 15 is 0 Å². The molecule has 0 unspecified atom stereocenters. The maximum atomic E-state index is 9.21. The lowest BCUT2D eigenvalue weighted by Crippen LogP contribution is -2.37. The van der Waals surface area contributed by atoms with Crippen LogP contribution in [0.2, 0.25) is 0 Å². The van der Waals surface area contributed by atoms with E-state index in [9.17, 15) is 5.26 Å². The zero-order valence-corrected chi connectivity index (χ0v) is 9.94. The number of nitriles is 1. The summed E-state index contributed by atoms with van der Waals surface area (Å²) in [6, 6.07) is 4.10. The van der Waals surface area contributed by atoms with Gasteiger partial charge in [-0.15, -0.1) is 0 Å². The minimum Gasteiger partial charge on any atom is -0.378 e. The molecule has 0 atom stereocenters. The molecule has 0 amide bonds. The topological polar surface area (TPSA) is 75.2 Å². The third-order valence-electron chi connectivity index (χ3n) is 2.88. The summed E-state index contributed by atoms with van der Waals surface area (Å²) in [5.41, 5.74) is 8.02. The summed E-state index contributed by atoms with van der Waals surface area (Å²) in [7, 11) is 0. The van der Waals surface area contributed by atoms with Crippen LogP contribution in [0.5, 0.6) is 0 Å². The normalized spacial score (nSPS) is 15.7. The molecule has 1 aliphatic heterocycles. The van der Waals surface area contributed by atoms with Crippen molar-refractivity contribution in [1.82, 2.24) is 4.98 Å². The fourth-order valence-electron chi connectivity index (χ4n) is 1.97. The Hall–Kier alpha value is -1.64. The number of hydrogen-bond acceptors (Lipinski definition) is 5. The summed E-state index contributed by atoms with van der Waals surface area (Å²) in [5, 5.41) is 9.21. The Bertz CT molecular complexity index is 447. The van der Waals surface area contributed by atoms with Crippen LogP contribution in [0.3, 0.4) is 0 Å². The summed E-state index contributed by atoms with van der Waals surface area (Å²) < 4.78 is 5.30. The van der Waals surface area contributed by atoms with E-state index in [-0.39, 0.29) is 0 Å². The van der Waals surface area contributed by atoms with Gasteiger partial charge in [-0.2, -0.15) is 5.26 Å². The first kappa shape index (κ1) is 11.8. The van der Waals surface area contributed by atoms with E-state index in [1.807, 2.05) is 13.0 Å². The molecule has 5 heteroatoms. The van der Waals surface area contributed by atoms with Crippen molar-refractivity contribution in [2.45, 2.75) is 13.5 Å². The van der Waals surface area contributed by atoms with Crippen LogP contribution in [0.15, 0.2) is 6.07 Å². The van der Waals surface area contributed by atoms with Gasteiger partial charge in [-0.05, 0) is 18.6 Å². The molecule has 2 rings (SSSR count). The molecule has 0 aliphatic carbocycles. The fraction of sp³-hybridized carbons (Fsp3) is 0.500. The van der Waals surface area contributed by atoms with Gasteiger partial charge in [0.25, 0.3) is 0 Å². The van der Waals surface area contributed by atoms with Gasteiger partial charge in [-0.25, -0.2) is 4.98 Å². The monoisotopic (exact) mass is 232 g/mol. The standard InChI is InChI=1S/C12H16N4O/c1-9-6-10(7-13)15-12(11(9)8-14)16-2-4-17-5-3-16/h6H,2-5,7,13H2,1H3. The van der Waals surface area contributed by atoms with Crippen LogP contribution in [-0.2, 0) is 11.3 Å². The van der Waals surface area contributed by atoms with Gasteiger partial charge < -0.3 is 15.4 Å². The third-order valence-corrected chi connectivity index (χ3v) is 2.88. The highest BCUT2D eigenvalue weighted by atomic mass is 16.5. The van der Waals surface area contributed by atoms with Crippen molar-refractivity contribution in [2.75, 3.05) is 31.2 Å². The van der Waals surface area contributed by atoms with Crippen LogP contribution in [0.1, 0.15) is 16.8 Å². The van der Waals surface area contributed by atoms with Gasteiger partial charge in [0.05, 0.1) is 24.5 Å². The lowest BCUT2D eigenvalue weighted by Gasteiger charge is -2.29. The van der Waals surface area contributed by atoms with E-state index in [0.717, 1.165) is 30.2 Å². The second-order valence-corrected chi connectivity index (χ2v) is 4.04. The highest BCUT2D eigenvalue weighted by Gasteiger charge is 2.18. The Morgan fingerprint density at radius 3 is 2.82 bits per heavy atom. The van der Waals surface area contributed by atoms with E-state index in [1.165, 1.54) is 0 Å². The van der Waals surface area contributed by atoms with E-state index in [1.54, 1.807) is 0 Å². The smallest absolute Gasteiger partial charge is 0.147 e. The maximum absolute atomic E-state index is 9.21. The Balaban J connectivity index is 2.42. The van der Waals surface area contributed by atoms with Crippen molar-refractivity contribution >= 4 is 5.82 Å². The molecule has 1 aromatic heterocycles. The zero-order valence-electron chi connectivity index (χ0n) is 9.94. The van der Waals surface area contributed by atoms with Crippen LogP contribution in [0.25, 0.3) is 0 Å². The number of anilines is 1. The number of aryl methyl sites for hydroxylation is 1. The largest absolute Gasteiger partial charge is 0.378 e. The number of pyridine rings is 1. The van der Waals surface area contributed by atoms with Crippen molar-refractivity contribution in [3.8, 4) is 6.07 Å². The molecule has 0 aromatic carbocycles. The first-order valence-corrected chi connectivity index (χ1v) is 5.69.